The van der Waals surface area contributed by atoms with E-state index in [0.29, 0.717) is 24.4 Å². The van der Waals surface area contributed by atoms with Gasteiger partial charge >= 0.3 is 5.97 Å². The second kappa shape index (κ2) is 9.00. The molecule has 0 spiro atoms. The molecule has 4 saturated carbocycles. The third-order valence-electron chi connectivity index (χ3n) is 12.8. The summed E-state index contributed by atoms with van der Waals surface area (Å²) in [4.78, 5) is 11.8. The molecule has 7 aliphatic rings. The number of hydrogen-bond acceptors (Lipinski definition) is 7. The first-order valence-electron chi connectivity index (χ1n) is 15.7. The van der Waals surface area contributed by atoms with Gasteiger partial charge in [0.2, 0.25) is 0 Å². The van der Waals surface area contributed by atoms with Gasteiger partial charge in [0.1, 0.15) is 12.7 Å². The van der Waals surface area contributed by atoms with Crippen molar-refractivity contribution in [3.8, 4) is 0 Å². The maximum atomic E-state index is 12.5. The molecule has 6 fully saturated rings. The van der Waals surface area contributed by atoms with E-state index in [4.69, 9.17) is 23.7 Å². The Hall–Kier alpha value is -0.990. The molecule has 0 radical (unpaired) electrons. The first-order valence-corrected chi connectivity index (χ1v) is 15.7. The molecule has 0 unspecified atom stereocenters. The van der Waals surface area contributed by atoms with Crippen molar-refractivity contribution in [1.82, 2.24) is 0 Å². The van der Waals surface area contributed by atoms with Crippen molar-refractivity contribution in [2.45, 2.75) is 141 Å². The van der Waals surface area contributed by atoms with E-state index in [9.17, 15) is 9.90 Å². The number of carbonyl (C=O) groups excluding carboxylic acids is 1. The highest BCUT2D eigenvalue weighted by Crippen LogP contribution is 2.70. The van der Waals surface area contributed by atoms with Gasteiger partial charge in [0, 0.05) is 17.9 Å². The van der Waals surface area contributed by atoms with Gasteiger partial charge in [-0.25, -0.2) is 4.79 Å². The zero-order valence-electron chi connectivity index (χ0n) is 24.4. The summed E-state index contributed by atoms with van der Waals surface area (Å²) in [6, 6.07) is 0. The minimum Gasteiger partial charge on any atom is -0.458 e. The fourth-order valence-electron chi connectivity index (χ4n) is 10.8. The van der Waals surface area contributed by atoms with Gasteiger partial charge in [-0.3, -0.25) is 0 Å². The number of carbonyl (C=O) groups is 1. The maximum absolute atomic E-state index is 12.5. The number of hydrogen-bond donors (Lipinski definition) is 1. The van der Waals surface area contributed by atoms with Gasteiger partial charge < -0.3 is 28.8 Å². The normalized spacial score (nSPS) is 54.3. The lowest BCUT2D eigenvalue weighted by atomic mass is 9.43. The molecule has 12 atom stereocenters. The van der Waals surface area contributed by atoms with Crippen molar-refractivity contribution < 1.29 is 33.6 Å². The van der Waals surface area contributed by atoms with E-state index < -0.39 is 11.4 Å². The van der Waals surface area contributed by atoms with Gasteiger partial charge in [0.15, 0.2) is 12.1 Å². The summed E-state index contributed by atoms with van der Waals surface area (Å²) in [7, 11) is 0. The molecule has 7 rings (SSSR count). The molecule has 0 amide bonds. The van der Waals surface area contributed by atoms with Gasteiger partial charge in [-0.15, -0.1) is 0 Å². The summed E-state index contributed by atoms with van der Waals surface area (Å²) in [5, 5.41) is 12.5. The Balaban J connectivity index is 1.03. The minimum absolute atomic E-state index is 0.0234. The lowest BCUT2D eigenvalue weighted by Crippen LogP contribution is -2.62. The minimum atomic E-state index is -0.659. The third-order valence-corrected chi connectivity index (χ3v) is 12.8. The van der Waals surface area contributed by atoms with Crippen LogP contribution in [-0.4, -0.2) is 59.8 Å². The standard InChI is InChI=1S/C32H48O7/c1-18-28-25(38-29(2,3)39-28)16-27(36-18)37-21-8-11-30(4)20(15-21)6-7-24-23(30)9-12-31(5)22(10-13-32(24,31)34)19-14-26(33)35-17-19/h14,18,20-25,27-28,34H,6-13,15-17H2,1-5H3/t18-,20-,21-,22+,23-,24+,25-,27-,28+,30-,31+,32+/m0/s1. The molecule has 39 heavy (non-hydrogen) atoms. The van der Waals surface area contributed by atoms with E-state index in [1.54, 1.807) is 6.08 Å². The number of rotatable bonds is 3. The Morgan fingerprint density at radius 2 is 1.77 bits per heavy atom. The van der Waals surface area contributed by atoms with Crippen LogP contribution in [0.3, 0.4) is 0 Å². The van der Waals surface area contributed by atoms with Crippen molar-refractivity contribution >= 4 is 5.97 Å². The summed E-state index contributed by atoms with van der Waals surface area (Å²) >= 11 is 0. The molecule has 0 aromatic carbocycles. The predicted molar refractivity (Wildman–Crippen MR) is 143 cm³/mol. The molecule has 3 aliphatic heterocycles. The monoisotopic (exact) mass is 544 g/mol. The SMILES string of the molecule is C[C@@H]1O[C@@H](O[C@H]2CC[C@@]3(C)[C@@H](CC[C@@H]4[C@@H]3CC[C@]3(C)[C@@H](C5=CC(=O)OC5)CC[C@@]43O)C2)C[C@@H]2OC(C)(C)O[C@H]12. The lowest BCUT2D eigenvalue weighted by molar-refractivity contribution is -0.257. The van der Waals surface area contributed by atoms with Crippen LogP contribution in [0, 0.1) is 34.5 Å². The van der Waals surface area contributed by atoms with Crippen LogP contribution < -0.4 is 0 Å². The molecule has 4 aliphatic carbocycles. The first kappa shape index (κ1) is 26.9. The highest BCUT2D eigenvalue weighted by atomic mass is 16.8. The van der Waals surface area contributed by atoms with E-state index in [1.165, 1.54) is 6.42 Å². The molecule has 0 aromatic heterocycles. The summed E-state index contributed by atoms with van der Waals surface area (Å²) in [6.07, 6.45) is 11.9. The molecule has 0 bridgehead atoms. The van der Waals surface area contributed by atoms with E-state index >= 15 is 0 Å². The third kappa shape index (κ3) is 4.04. The Morgan fingerprint density at radius 3 is 2.54 bits per heavy atom. The van der Waals surface area contributed by atoms with Crippen LogP contribution in [0.15, 0.2) is 11.6 Å². The number of esters is 1. The quantitative estimate of drug-likeness (QED) is 0.382. The number of aliphatic hydroxyl groups is 1. The Morgan fingerprint density at radius 1 is 0.949 bits per heavy atom. The Bertz CT molecular complexity index is 1040. The smallest absolute Gasteiger partial charge is 0.331 e. The van der Waals surface area contributed by atoms with Crippen LogP contribution in [0.5, 0.6) is 0 Å². The lowest BCUT2D eigenvalue weighted by Gasteiger charge is -2.63. The van der Waals surface area contributed by atoms with E-state index in [0.717, 1.165) is 63.4 Å². The molecular weight excluding hydrogens is 496 g/mol. The van der Waals surface area contributed by atoms with Crippen LogP contribution in [0.2, 0.25) is 0 Å². The second-order valence-electron chi connectivity index (χ2n) is 15.0. The van der Waals surface area contributed by atoms with Crippen molar-refractivity contribution in [3.05, 3.63) is 11.6 Å². The zero-order valence-corrected chi connectivity index (χ0v) is 24.4. The Kier molecular flexibility index (Phi) is 6.21. The molecule has 1 N–H and O–H groups in total. The van der Waals surface area contributed by atoms with Gasteiger partial charge in [-0.1, -0.05) is 13.8 Å². The summed E-state index contributed by atoms with van der Waals surface area (Å²) in [5.74, 6) is 0.965. The molecular formula is C32H48O7. The highest BCUT2D eigenvalue weighted by Gasteiger charge is 2.67. The van der Waals surface area contributed by atoms with Crippen LogP contribution in [0.1, 0.15) is 98.8 Å². The number of ether oxygens (including phenoxy) is 5. The van der Waals surface area contributed by atoms with Crippen molar-refractivity contribution in [2.24, 2.45) is 34.5 Å². The van der Waals surface area contributed by atoms with E-state index in [-0.39, 0.29) is 53.4 Å². The molecule has 218 valence electrons. The first-order chi connectivity index (χ1) is 18.4. The van der Waals surface area contributed by atoms with Gasteiger partial charge in [-0.05, 0) is 113 Å². The predicted octanol–water partition coefficient (Wildman–Crippen LogP) is 5.28. The van der Waals surface area contributed by atoms with Crippen LogP contribution in [0.25, 0.3) is 0 Å². The topological polar surface area (TPSA) is 83.5 Å². The van der Waals surface area contributed by atoms with Crippen molar-refractivity contribution in [2.75, 3.05) is 6.61 Å². The summed E-state index contributed by atoms with van der Waals surface area (Å²) in [5.41, 5.74) is 0.513. The second-order valence-corrected chi connectivity index (χ2v) is 15.0. The molecule has 2 saturated heterocycles. The van der Waals surface area contributed by atoms with E-state index in [2.05, 4.69) is 20.8 Å². The van der Waals surface area contributed by atoms with Crippen molar-refractivity contribution in [1.29, 1.82) is 0 Å². The van der Waals surface area contributed by atoms with Crippen LogP contribution in [0.4, 0.5) is 0 Å². The van der Waals surface area contributed by atoms with Crippen molar-refractivity contribution in [3.63, 3.8) is 0 Å². The fraction of sp³-hybridized carbons (Fsp3) is 0.906. The molecule has 7 heteroatoms. The van der Waals surface area contributed by atoms with Gasteiger partial charge in [-0.2, -0.15) is 0 Å². The highest BCUT2D eigenvalue weighted by molar-refractivity contribution is 5.85. The fourth-order valence-corrected chi connectivity index (χ4v) is 10.8. The summed E-state index contributed by atoms with van der Waals surface area (Å²) < 4.78 is 30.4. The number of fused-ring (bicyclic) bond motifs is 6. The largest absolute Gasteiger partial charge is 0.458 e. The van der Waals surface area contributed by atoms with E-state index in [1.807, 2.05) is 13.8 Å². The molecule has 0 aromatic rings. The molecule has 7 nitrogen and oxygen atoms in total. The zero-order chi connectivity index (χ0) is 27.4. The maximum Gasteiger partial charge on any atom is 0.331 e. The average molecular weight is 545 g/mol. The molecule has 3 heterocycles. The van der Waals surface area contributed by atoms with Gasteiger partial charge in [0.25, 0.3) is 0 Å². The summed E-state index contributed by atoms with van der Waals surface area (Å²) in [6.45, 7) is 11.3. The van der Waals surface area contributed by atoms with Crippen LogP contribution >= 0.6 is 0 Å². The van der Waals surface area contributed by atoms with Gasteiger partial charge in [0.05, 0.1) is 23.9 Å². The number of cyclic esters (lactones) is 1. The Labute approximate surface area is 233 Å². The van der Waals surface area contributed by atoms with Crippen LogP contribution in [-0.2, 0) is 28.5 Å². The average Bonchev–Trinajstić information content (AvgIpc) is 3.51.